The van der Waals surface area contributed by atoms with Gasteiger partial charge in [-0.05, 0) is 51.6 Å². The summed E-state index contributed by atoms with van der Waals surface area (Å²) in [7, 11) is 1.58. The molecule has 8 nitrogen and oxygen atoms in total. The molecule has 0 atom stereocenters. The number of carbonyl (C=O) groups is 2. The smallest absolute Gasteiger partial charge is 0.238 e. The molecule has 0 bridgehead atoms. The van der Waals surface area contributed by atoms with Crippen molar-refractivity contribution in [2.24, 2.45) is 0 Å². The molecule has 8 heteroatoms. The lowest BCUT2D eigenvalue weighted by atomic mass is 10.2. The number of nitrogens with one attached hydrogen (secondary N) is 2. The minimum atomic E-state index is -0.197. The van der Waals surface area contributed by atoms with Gasteiger partial charge < -0.3 is 15.4 Å². The summed E-state index contributed by atoms with van der Waals surface area (Å²) in [6.07, 6.45) is 0. The van der Waals surface area contributed by atoms with Crippen LogP contribution in [0.4, 0.5) is 11.4 Å². The quantitative estimate of drug-likeness (QED) is 0.520. The highest BCUT2D eigenvalue weighted by Gasteiger charge is 2.18. The van der Waals surface area contributed by atoms with Crippen LogP contribution in [0.1, 0.15) is 23.9 Å². The molecule has 0 aliphatic heterocycles. The lowest BCUT2D eigenvalue weighted by molar-refractivity contribution is -0.119. The fourth-order valence-corrected chi connectivity index (χ4v) is 3.53. The van der Waals surface area contributed by atoms with E-state index in [1.807, 2.05) is 62.7 Å². The molecule has 3 aromatic rings. The zero-order valence-electron chi connectivity index (χ0n) is 19.8. The third-order valence-corrected chi connectivity index (χ3v) is 5.37. The van der Waals surface area contributed by atoms with Crippen molar-refractivity contribution >= 4 is 23.2 Å². The Labute approximate surface area is 194 Å². The van der Waals surface area contributed by atoms with E-state index in [0.29, 0.717) is 23.7 Å². The highest BCUT2D eigenvalue weighted by molar-refractivity contribution is 5.95. The zero-order chi connectivity index (χ0) is 24.0. The maximum absolute atomic E-state index is 12.8. The van der Waals surface area contributed by atoms with Crippen LogP contribution >= 0.6 is 0 Å². The number of hydrogen-bond donors (Lipinski definition) is 2. The Morgan fingerprint density at radius 1 is 1.00 bits per heavy atom. The number of aromatic nitrogens is 2. The third-order valence-electron chi connectivity index (χ3n) is 5.37. The highest BCUT2D eigenvalue weighted by atomic mass is 16.5. The zero-order valence-corrected chi connectivity index (χ0v) is 19.8. The average Bonchev–Trinajstić information content (AvgIpc) is 3.07. The number of rotatable bonds is 9. The first kappa shape index (κ1) is 24.0. The van der Waals surface area contributed by atoms with Crippen LogP contribution in [0.25, 0.3) is 5.69 Å². The molecule has 3 rings (SSSR count). The Morgan fingerprint density at radius 2 is 1.67 bits per heavy atom. The predicted molar refractivity (Wildman–Crippen MR) is 130 cm³/mol. The van der Waals surface area contributed by atoms with E-state index < -0.39 is 0 Å². The van der Waals surface area contributed by atoms with Crippen LogP contribution in [0.5, 0.6) is 5.75 Å². The van der Waals surface area contributed by atoms with Crippen molar-refractivity contribution in [3.63, 3.8) is 0 Å². The Bertz CT molecular complexity index is 1120. The minimum absolute atomic E-state index is 0.0939. The molecule has 2 amide bonds. The highest BCUT2D eigenvalue weighted by Crippen LogP contribution is 2.23. The monoisotopic (exact) mass is 449 g/mol. The number of anilines is 2. The molecule has 0 saturated heterocycles. The number of carbonyl (C=O) groups excluding carboxylic acids is 2. The predicted octanol–water partition coefficient (Wildman–Crippen LogP) is 3.71. The summed E-state index contributed by atoms with van der Waals surface area (Å²) in [6.45, 7) is 8.49. The van der Waals surface area contributed by atoms with Crippen molar-refractivity contribution in [3.05, 3.63) is 65.5 Å². The molecule has 33 heavy (non-hydrogen) atoms. The maximum atomic E-state index is 12.8. The van der Waals surface area contributed by atoms with E-state index in [1.54, 1.807) is 30.2 Å². The second kappa shape index (κ2) is 10.8. The van der Waals surface area contributed by atoms with Crippen molar-refractivity contribution in [1.82, 2.24) is 14.7 Å². The van der Waals surface area contributed by atoms with Crippen molar-refractivity contribution in [2.45, 2.75) is 27.7 Å². The molecule has 2 aromatic carbocycles. The standard InChI is InChI=1S/C25H31N5O3/c1-6-29(15-23(31)26-20-8-7-9-22(14-20)33-5)16-24(32)27-25-18(3)28-30(19(25)4)21-12-10-17(2)11-13-21/h7-14H,6,15-16H2,1-5H3,(H,26,31)(H,27,32). The van der Waals surface area contributed by atoms with Crippen molar-refractivity contribution in [1.29, 1.82) is 0 Å². The van der Waals surface area contributed by atoms with E-state index in [4.69, 9.17) is 4.74 Å². The van der Waals surface area contributed by atoms with Crippen LogP contribution in [0.15, 0.2) is 48.5 Å². The molecular formula is C25H31N5O3. The average molecular weight is 450 g/mol. The third kappa shape index (κ3) is 6.20. The van der Waals surface area contributed by atoms with Gasteiger partial charge in [0, 0.05) is 11.8 Å². The Morgan fingerprint density at radius 3 is 2.30 bits per heavy atom. The molecule has 0 unspecified atom stereocenters. The van der Waals surface area contributed by atoms with Crippen LogP contribution in [-0.4, -0.2) is 53.2 Å². The van der Waals surface area contributed by atoms with Gasteiger partial charge in [-0.1, -0.05) is 30.7 Å². The van der Waals surface area contributed by atoms with Gasteiger partial charge in [-0.2, -0.15) is 5.10 Å². The van der Waals surface area contributed by atoms with Gasteiger partial charge >= 0.3 is 0 Å². The lowest BCUT2D eigenvalue weighted by Gasteiger charge is -2.19. The Hall–Kier alpha value is -3.65. The summed E-state index contributed by atoms with van der Waals surface area (Å²) in [4.78, 5) is 27.0. The first-order valence-electron chi connectivity index (χ1n) is 10.9. The van der Waals surface area contributed by atoms with E-state index in [-0.39, 0.29) is 24.9 Å². The topological polar surface area (TPSA) is 88.5 Å². The first-order chi connectivity index (χ1) is 15.8. The van der Waals surface area contributed by atoms with E-state index in [0.717, 1.165) is 17.1 Å². The van der Waals surface area contributed by atoms with Crippen LogP contribution in [0, 0.1) is 20.8 Å². The molecule has 1 aromatic heterocycles. The van der Waals surface area contributed by atoms with E-state index >= 15 is 0 Å². The van der Waals surface area contributed by atoms with Gasteiger partial charge in [0.25, 0.3) is 0 Å². The molecule has 0 spiro atoms. The van der Waals surface area contributed by atoms with Crippen LogP contribution < -0.4 is 15.4 Å². The van der Waals surface area contributed by atoms with Gasteiger partial charge in [0.15, 0.2) is 0 Å². The molecule has 1 heterocycles. The van der Waals surface area contributed by atoms with Crippen molar-refractivity contribution in [2.75, 3.05) is 37.4 Å². The number of hydrogen-bond acceptors (Lipinski definition) is 5. The van der Waals surface area contributed by atoms with Gasteiger partial charge in [0.05, 0.1) is 43.0 Å². The van der Waals surface area contributed by atoms with Gasteiger partial charge in [-0.15, -0.1) is 0 Å². The normalized spacial score (nSPS) is 10.8. The fourth-order valence-electron chi connectivity index (χ4n) is 3.53. The molecular weight excluding hydrogens is 418 g/mol. The number of ether oxygens (including phenoxy) is 1. The number of likely N-dealkylation sites (N-methyl/N-ethyl adjacent to an activating group) is 1. The second-order valence-corrected chi connectivity index (χ2v) is 7.92. The fraction of sp³-hybridized carbons (Fsp3) is 0.320. The van der Waals surface area contributed by atoms with Crippen LogP contribution in [0.2, 0.25) is 0 Å². The number of aryl methyl sites for hydroxylation is 2. The summed E-state index contributed by atoms with van der Waals surface area (Å²) in [5.41, 5.74) is 5.03. The summed E-state index contributed by atoms with van der Waals surface area (Å²) in [6, 6.07) is 15.2. The molecule has 174 valence electrons. The first-order valence-corrected chi connectivity index (χ1v) is 10.9. The number of benzene rings is 2. The second-order valence-electron chi connectivity index (χ2n) is 7.92. The molecule has 0 aliphatic rings. The van der Waals surface area contributed by atoms with E-state index in [2.05, 4.69) is 15.7 Å². The molecule has 0 saturated carbocycles. The number of methoxy groups -OCH3 is 1. The summed E-state index contributed by atoms with van der Waals surface area (Å²) in [5, 5.41) is 10.4. The Balaban J connectivity index is 1.62. The summed E-state index contributed by atoms with van der Waals surface area (Å²) >= 11 is 0. The van der Waals surface area contributed by atoms with E-state index in [9.17, 15) is 9.59 Å². The molecule has 0 fully saturated rings. The van der Waals surface area contributed by atoms with Crippen LogP contribution in [-0.2, 0) is 9.59 Å². The minimum Gasteiger partial charge on any atom is -0.497 e. The summed E-state index contributed by atoms with van der Waals surface area (Å²) in [5.74, 6) is 0.273. The largest absolute Gasteiger partial charge is 0.497 e. The van der Waals surface area contributed by atoms with Crippen LogP contribution in [0.3, 0.4) is 0 Å². The van der Waals surface area contributed by atoms with Gasteiger partial charge in [0.1, 0.15) is 5.75 Å². The SMILES string of the molecule is CCN(CC(=O)Nc1cccc(OC)c1)CC(=O)Nc1c(C)nn(-c2ccc(C)cc2)c1C. The van der Waals surface area contributed by atoms with Gasteiger partial charge in [-0.25, -0.2) is 4.68 Å². The van der Waals surface area contributed by atoms with Gasteiger partial charge in [0.2, 0.25) is 11.8 Å². The molecule has 2 N–H and O–H groups in total. The maximum Gasteiger partial charge on any atom is 0.238 e. The summed E-state index contributed by atoms with van der Waals surface area (Å²) < 4.78 is 7.00. The van der Waals surface area contributed by atoms with Crippen molar-refractivity contribution < 1.29 is 14.3 Å². The number of nitrogens with zero attached hydrogens (tertiary/aromatic N) is 3. The molecule has 0 aliphatic carbocycles. The van der Waals surface area contributed by atoms with E-state index in [1.165, 1.54) is 5.56 Å². The number of amides is 2. The Kier molecular flexibility index (Phi) is 7.84. The molecule has 0 radical (unpaired) electrons. The van der Waals surface area contributed by atoms with Gasteiger partial charge in [-0.3, -0.25) is 14.5 Å². The van der Waals surface area contributed by atoms with Crippen molar-refractivity contribution in [3.8, 4) is 11.4 Å². The lowest BCUT2D eigenvalue weighted by Crippen LogP contribution is -2.38.